The second kappa shape index (κ2) is 4.73. The molecule has 0 amide bonds. The lowest BCUT2D eigenvalue weighted by Gasteiger charge is -2.31. The van der Waals surface area contributed by atoms with E-state index >= 15 is 0 Å². The lowest BCUT2D eigenvalue weighted by atomic mass is 9.94. The molecule has 2 aliphatic rings. The predicted octanol–water partition coefficient (Wildman–Crippen LogP) is 0.722. The molecule has 110 valence electrons. The first kappa shape index (κ1) is 12.6. The van der Waals surface area contributed by atoms with Crippen LogP contribution in [-0.4, -0.2) is 40.5 Å². The molecule has 4 rings (SSSR count). The molecule has 0 aliphatic carbocycles. The van der Waals surface area contributed by atoms with Gasteiger partial charge in [0.2, 0.25) is 0 Å². The molecular formula is C15H18N4O2. The number of fused-ring (bicyclic) bond motifs is 3. The van der Waals surface area contributed by atoms with Gasteiger partial charge in [-0.15, -0.1) is 0 Å². The highest BCUT2D eigenvalue weighted by atomic mass is 16.2. The zero-order valence-electron chi connectivity index (χ0n) is 11.7. The number of H-pyrrole nitrogens is 2. The molecule has 21 heavy (non-hydrogen) atoms. The minimum atomic E-state index is -0.610. The third-order valence-electron chi connectivity index (χ3n) is 4.71. The number of aromatic nitrogens is 2. The zero-order valence-corrected chi connectivity index (χ0v) is 11.7. The van der Waals surface area contributed by atoms with Crippen LogP contribution in [0.1, 0.15) is 12.8 Å². The lowest BCUT2D eigenvalue weighted by Crippen LogP contribution is -2.39. The van der Waals surface area contributed by atoms with E-state index in [0.717, 1.165) is 18.7 Å². The molecule has 2 bridgehead atoms. The highest BCUT2D eigenvalue weighted by Gasteiger charge is 2.34. The van der Waals surface area contributed by atoms with E-state index in [-0.39, 0.29) is 0 Å². The Bertz CT molecular complexity index is 794. The summed E-state index contributed by atoms with van der Waals surface area (Å²) in [4.78, 5) is 30.4. The Kier molecular flexibility index (Phi) is 2.85. The van der Waals surface area contributed by atoms with Gasteiger partial charge in [0.1, 0.15) is 0 Å². The number of hydrogen-bond acceptors (Lipinski definition) is 4. The van der Waals surface area contributed by atoms with E-state index in [1.165, 1.54) is 19.5 Å². The molecule has 0 saturated carbocycles. The number of rotatable bonds is 2. The average molecular weight is 286 g/mol. The SMILES string of the molecule is O=c1[nH]c2ccc(NC3CCN4CCC3C4)cc2[nH]c1=O. The van der Waals surface area contributed by atoms with Gasteiger partial charge in [-0.1, -0.05) is 0 Å². The van der Waals surface area contributed by atoms with Gasteiger partial charge in [0.15, 0.2) is 0 Å². The maximum atomic E-state index is 11.4. The molecule has 1 aromatic carbocycles. The van der Waals surface area contributed by atoms with Crippen molar-refractivity contribution in [1.82, 2.24) is 14.9 Å². The van der Waals surface area contributed by atoms with E-state index in [4.69, 9.17) is 0 Å². The first-order chi connectivity index (χ1) is 10.2. The van der Waals surface area contributed by atoms with E-state index in [0.29, 0.717) is 23.0 Å². The zero-order chi connectivity index (χ0) is 14.4. The Hall–Kier alpha value is -2.08. The van der Waals surface area contributed by atoms with Gasteiger partial charge in [0.25, 0.3) is 0 Å². The topological polar surface area (TPSA) is 81.0 Å². The number of nitrogens with zero attached hydrogens (tertiary/aromatic N) is 1. The normalized spacial score (nSPS) is 27.9. The molecule has 2 fully saturated rings. The monoisotopic (exact) mass is 286 g/mol. The summed E-state index contributed by atoms with van der Waals surface area (Å²) in [6.07, 6.45) is 2.42. The fourth-order valence-corrected chi connectivity index (χ4v) is 3.56. The molecule has 1 aromatic heterocycles. The van der Waals surface area contributed by atoms with Gasteiger partial charge in [0.05, 0.1) is 11.0 Å². The summed E-state index contributed by atoms with van der Waals surface area (Å²) in [6, 6.07) is 6.18. The minimum absolute atomic E-state index is 0.496. The second-order valence-corrected chi connectivity index (χ2v) is 6.06. The van der Waals surface area contributed by atoms with Crippen molar-refractivity contribution >= 4 is 16.7 Å². The molecule has 2 aliphatic heterocycles. The average Bonchev–Trinajstić information content (AvgIpc) is 2.86. The molecule has 3 unspecified atom stereocenters. The summed E-state index contributed by atoms with van der Waals surface area (Å²) in [7, 11) is 0. The number of piperidine rings is 1. The standard InChI is InChI=1S/C15H18N4O2/c20-14-15(21)18-13-7-10(1-2-12(13)17-14)16-11-4-6-19-5-3-9(11)8-19/h1-2,7,9,11,16H,3-6,8H2,(H,17,20)(H,18,21). The van der Waals surface area contributed by atoms with E-state index in [9.17, 15) is 9.59 Å². The summed E-state index contributed by atoms with van der Waals surface area (Å²) >= 11 is 0. The molecule has 3 atom stereocenters. The summed E-state index contributed by atoms with van der Waals surface area (Å²) in [5.41, 5.74) is 1.09. The Morgan fingerprint density at radius 2 is 1.81 bits per heavy atom. The van der Waals surface area contributed by atoms with Crippen LogP contribution in [0.3, 0.4) is 0 Å². The molecule has 3 heterocycles. The largest absolute Gasteiger partial charge is 0.382 e. The van der Waals surface area contributed by atoms with Crippen LogP contribution in [-0.2, 0) is 0 Å². The fraction of sp³-hybridized carbons (Fsp3) is 0.467. The van der Waals surface area contributed by atoms with Crippen LogP contribution in [0, 0.1) is 5.92 Å². The molecule has 2 aromatic rings. The molecule has 0 spiro atoms. The third-order valence-corrected chi connectivity index (χ3v) is 4.71. The molecule has 0 radical (unpaired) electrons. The number of benzene rings is 1. The number of nitrogens with one attached hydrogen (secondary N) is 3. The molecule has 3 N–H and O–H groups in total. The Labute approximate surface area is 121 Å². The van der Waals surface area contributed by atoms with Crippen molar-refractivity contribution in [3.63, 3.8) is 0 Å². The maximum absolute atomic E-state index is 11.4. The lowest BCUT2D eigenvalue weighted by molar-refractivity contribution is 0.255. The van der Waals surface area contributed by atoms with Crippen LogP contribution >= 0.6 is 0 Å². The van der Waals surface area contributed by atoms with Crippen LogP contribution in [0.2, 0.25) is 0 Å². The van der Waals surface area contributed by atoms with E-state index in [1.54, 1.807) is 0 Å². The number of hydrogen-bond donors (Lipinski definition) is 3. The van der Waals surface area contributed by atoms with Gasteiger partial charge in [-0.25, -0.2) is 0 Å². The van der Waals surface area contributed by atoms with Crippen molar-refractivity contribution in [2.45, 2.75) is 18.9 Å². The number of anilines is 1. The van der Waals surface area contributed by atoms with Gasteiger partial charge in [0, 0.05) is 24.8 Å². The van der Waals surface area contributed by atoms with Crippen molar-refractivity contribution in [3.8, 4) is 0 Å². The van der Waals surface area contributed by atoms with Crippen molar-refractivity contribution in [3.05, 3.63) is 38.9 Å². The van der Waals surface area contributed by atoms with E-state index in [1.807, 2.05) is 18.2 Å². The summed E-state index contributed by atoms with van der Waals surface area (Å²) < 4.78 is 0. The highest BCUT2D eigenvalue weighted by Crippen LogP contribution is 2.29. The third kappa shape index (κ3) is 2.25. The van der Waals surface area contributed by atoms with Gasteiger partial charge >= 0.3 is 11.1 Å². The first-order valence-electron chi connectivity index (χ1n) is 7.44. The van der Waals surface area contributed by atoms with E-state index < -0.39 is 11.1 Å². The summed E-state index contributed by atoms with van der Waals surface area (Å²) in [5.74, 6) is 0.712. The molecular weight excluding hydrogens is 268 g/mol. The van der Waals surface area contributed by atoms with Gasteiger partial charge in [-0.2, -0.15) is 0 Å². The van der Waals surface area contributed by atoms with Gasteiger partial charge < -0.3 is 20.2 Å². The maximum Gasteiger partial charge on any atom is 0.314 e. The Balaban J connectivity index is 1.63. The summed E-state index contributed by atoms with van der Waals surface area (Å²) in [6.45, 7) is 3.57. The van der Waals surface area contributed by atoms with Crippen molar-refractivity contribution in [1.29, 1.82) is 0 Å². The highest BCUT2D eigenvalue weighted by molar-refractivity contribution is 5.78. The predicted molar refractivity (Wildman–Crippen MR) is 81.8 cm³/mol. The van der Waals surface area contributed by atoms with Crippen LogP contribution in [0.25, 0.3) is 11.0 Å². The fourth-order valence-electron chi connectivity index (χ4n) is 3.56. The summed E-state index contributed by atoms with van der Waals surface area (Å²) in [5, 5.41) is 3.59. The van der Waals surface area contributed by atoms with Gasteiger partial charge in [-0.05, 0) is 43.5 Å². The van der Waals surface area contributed by atoms with E-state index in [2.05, 4.69) is 20.2 Å². The van der Waals surface area contributed by atoms with Crippen molar-refractivity contribution in [2.24, 2.45) is 5.92 Å². The smallest absolute Gasteiger partial charge is 0.314 e. The Morgan fingerprint density at radius 1 is 1.05 bits per heavy atom. The van der Waals surface area contributed by atoms with Crippen LogP contribution < -0.4 is 16.4 Å². The van der Waals surface area contributed by atoms with Crippen molar-refractivity contribution < 1.29 is 0 Å². The quantitative estimate of drug-likeness (QED) is 0.711. The molecule has 6 nitrogen and oxygen atoms in total. The Morgan fingerprint density at radius 3 is 2.67 bits per heavy atom. The van der Waals surface area contributed by atoms with Crippen LogP contribution in [0.5, 0.6) is 0 Å². The second-order valence-electron chi connectivity index (χ2n) is 6.06. The number of aromatic amines is 2. The molecule has 6 heteroatoms. The minimum Gasteiger partial charge on any atom is -0.382 e. The van der Waals surface area contributed by atoms with Crippen LogP contribution in [0.15, 0.2) is 27.8 Å². The van der Waals surface area contributed by atoms with Crippen LogP contribution in [0.4, 0.5) is 5.69 Å². The first-order valence-corrected chi connectivity index (χ1v) is 7.44. The van der Waals surface area contributed by atoms with Crippen molar-refractivity contribution in [2.75, 3.05) is 25.0 Å². The van der Waals surface area contributed by atoms with Gasteiger partial charge in [-0.3, -0.25) is 9.59 Å². The molecule has 2 saturated heterocycles.